The van der Waals surface area contributed by atoms with Crippen molar-refractivity contribution in [3.05, 3.63) is 69.8 Å². The third-order valence-corrected chi connectivity index (χ3v) is 7.15. The first kappa shape index (κ1) is 30.2. The molecule has 0 aliphatic heterocycles. The number of fused-ring (bicyclic) bond motifs is 1. The molecule has 0 bridgehead atoms. The standard InChI is InChI=1S/C29H31ClN4O6/c1-4-15-33(18-19-7-12-23-22(16-19)26(37)32-24(17-30)31-23)21-10-8-20(9-11-21)27(38)34(6-3)29(5-2,28(39)40)14-13-25(35)36/h1,7-12,16H,5-6,13-15,17-18H2,2-3H3,(H,35,36)(H,39,40)(H,31,32,37)/t29-/m0/s1. The quantitative estimate of drug-likeness (QED) is 0.209. The van der Waals surface area contributed by atoms with Gasteiger partial charge >= 0.3 is 11.9 Å². The van der Waals surface area contributed by atoms with Crippen LogP contribution in [0.4, 0.5) is 5.69 Å². The number of carboxylic acid groups (broad SMARTS) is 2. The third kappa shape index (κ3) is 6.43. The lowest BCUT2D eigenvalue weighted by molar-refractivity contribution is -0.151. The van der Waals surface area contributed by atoms with Gasteiger partial charge < -0.3 is 25.0 Å². The maximum atomic E-state index is 13.5. The number of hydrogen-bond donors (Lipinski definition) is 3. The summed E-state index contributed by atoms with van der Waals surface area (Å²) in [7, 11) is 0. The monoisotopic (exact) mass is 566 g/mol. The third-order valence-electron chi connectivity index (χ3n) is 6.89. The average Bonchev–Trinajstić information content (AvgIpc) is 2.94. The SMILES string of the molecule is C#CCN(Cc1ccc2nc(CCl)[nH]c(=O)c2c1)c1ccc(C(=O)N(CC)[C@@](CC)(CCC(=O)O)C(=O)O)cc1. The Morgan fingerprint density at radius 3 is 2.38 bits per heavy atom. The van der Waals surface area contributed by atoms with Gasteiger partial charge in [0.25, 0.3) is 11.5 Å². The Bertz CT molecular complexity index is 1500. The van der Waals surface area contributed by atoms with Crippen molar-refractivity contribution in [2.45, 2.75) is 51.1 Å². The van der Waals surface area contributed by atoms with E-state index in [9.17, 15) is 24.3 Å². The van der Waals surface area contributed by atoms with Crippen LogP contribution in [0.25, 0.3) is 10.9 Å². The molecule has 1 amide bonds. The minimum atomic E-state index is -1.65. The van der Waals surface area contributed by atoms with Gasteiger partial charge in [-0.25, -0.2) is 9.78 Å². The highest BCUT2D eigenvalue weighted by Gasteiger charge is 2.44. The summed E-state index contributed by atoms with van der Waals surface area (Å²) in [5.41, 5.74) is 0.391. The van der Waals surface area contributed by atoms with Crippen LogP contribution >= 0.6 is 11.6 Å². The van der Waals surface area contributed by atoms with Gasteiger partial charge in [0.2, 0.25) is 0 Å². The molecule has 2 aromatic carbocycles. The summed E-state index contributed by atoms with van der Waals surface area (Å²) in [5.74, 6) is 0.216. The summed E-state index contributed by atoms with van der Waals surface area (Å²) < 4.78 is 0. The fraction of sp³-hybridized carbons (Fsp3) is 0.345. The molecule has 3 N–H and O–H groups in total. The Labute approximate surface area is 236 Å². The molecule has 11 heteroatoms. The van der Waals surface area contributed by atoms with Gasteiger partial charge in [0.1, 0.15) is 11.4 Å². The van der Waals surface area contributed by atoms with Crippen molar-refractivity contribution in [1.29, 1.82) is 0 Å². The second kappa shape index (κ2) is 13.1. The van der Waals surface area contributed by atoms with E-state index >= 15 is 0 Å². The maximum absolute atomic E-state index is 13.5. The van der Waals surface area contributed by atoms with Gasteiger partial charge in [-0.15, -0.1) is 18.0 Å². The number of anilines is 1. The number of nitrogens with one attached hydrogen (secondary N) is 1. The van der Waals surface area contributed by atoms with Gasteiger partial charge in [-0.05, 0) is 61.7 Å². The number of terminal acetylenes is 1. The van der Waals surface area contributed by atoms with Crippen molar-refractivity contribution in [3.8, 4) is 12.3 Å². The molecule has 0 aliphatic carbocycles. The van der Waals surface area contributed by atoms with E-state index in [2.05, 4.69) is 15.9 Å². The highest BCUT2D eigenvalue weighted by atomic mass is 35.5. The minimum absolute atomic E-state index is 0.0561. The fourth-order valence-electron chi connectivity index (χ4n) is 4.77. The number of carbonyl (C=O) groups is 3. The Kier molecular flexibility index (Phi) is 9.91. The Morgan fingerprint density at radius 2 is 1.82 bits per heavy atom. The molecule has 0 saturated heterocycles. The number of likely N-dealkylation sites (N-methyl/N-ethyl adjacent to an activating group) is 1. The molecule has 0 unspecified atom stereocenters. The Balaban J connectivity index is 1.88. The van der Waals surface area contributed by atoms with Crippen LogP contribution in [0.15, 0.2) is 47.3 Å². The molecule has 210 valence electrons. The lowest BCUT2D eigenvalue weighted by Crippen LogP contribution is -2.57. The highest BCUT2D eigenvalue weighted by Crippen LogP contribution is 2.29. The molecule has 10 nitrogen and oxygen atoms in total. The van der Waals surface area contributed by atoms with Crippen LogP contribution in [0.1, 0.15) is 54.9 Å². The van der Waals surface area contributed by atoms with Crippen LogP contribution < -0.4 is 10.5 Å². The van der Waals surface area contributed by atoms with E-state index in [-0.39, 0.29) is 49.4 Å². The number of amides is 1. The molecule has 40 heavy (non-hydrogen) atoms. The minimum Gasteiger partial charge on any atom is -0.481 e. The second-order valence-corrected chi connectivity index (χ2v) is 9.51. The number of hydrogen-bond acceptors (Lipinski definition) is 6. The van der Waals surface area contributed by atoms with Gasteiger partial charge in [-0.3, -0.25) is 14.4 Å². The van der Waals surface area contributed by atoms with Crippen molar-refractivity contribution in [2.75, 3.05) is 18.0 Å². The first-order valence-corrected chi connectivity index (χ1v) is 13.3. The van der Waals surface area contributed by atoms with Crippen molar-refractivity contribution in [2.24, 2.45) is 0 Å². The predicted octanol–water partition coefficient (Wildman–Crippen LogP) is 3.86. The maximum Gasteiger partial charge on any atom is 0.329 e. The molecular weight excluding hydrogens is 536 g/mol. The van der Waals surface area contributed by atoms with Gasteiger partial charge in [0, 0.05) is 30.8 Å². The molecule has 0 spiro atoms. The number of nitrogens with zero attached hydrogens (tertiary/aromatic N) is 3. The number of H-pyrrole nitrogens is 1. The van der Waals surface area contributed by atoms with Gasteiger partial charge in [-0.1, -0.05) is 18.9 Å². The van der Waals surface area contributed by atoms with Crippen LogP contribution in [-0.4, -0.2) is 61.6 Å². The zero-order chi connectivity index (χ0) is 29.4. The number of carboxylic acids is 2. The molecule has 0 aliphatic rings. The predicted molar refractivity (Wildman–Crippen MR) is 152 cm³/mol. The number of halogens is 1. The van der Waals surface area contributed by atoms with Crippen molar-refractivity contribution in [3.63, 3.8) is 0 Å². The van der Waals surface area contributed by atoms with Gasteiger partial charge in [-0.2, -0.15) is 0 Å². The summed E-state index contributed by atoms with van der Waals surface area (Å²) in [6.45, 7) is 4.00. The lowest BCUT2D eigenvalue weighted by atomic mass is 9.87. The van der Waals surface area contributed by atoms with E-state index in [1.165, 1.54) is 4.90 Å². The van der Waals surface area contributed by atoms with Crippen LogP contribution in [-0.2, 0) is 22.0 Å². The first-order valence-electron chi connectivity index (χ1n) is 12.7. The van der Waals surface area contributed by atoms with E-state index in [0.717, 1.165) is 5.56 Å². The van der Waals surface area contributed by atoms with Crippen LogP contribution in [0.3, 0.4) is 0 Å². The number of aromatic nitrogens is 2. The first-order chi connectivity index (χ1) is 19.1. The molecule has 1 aromatic heterocycles. The summed E-state index contributed by atoms with van der Waals surface area (Å²) in [5, 5.41) is 19.6. The molecule has 0 radical (unpaired) electrons. The Morgan fingerprint density at radius 1 is 1.12 bits per heavy atom. The largest absolute Gasteiger partial charge is 0.481 e. The molecule has 0 fully saturated rings. The van der Waals surface area contributed by atoms with Gasteiger partial charge in [0.15, 0.2) is 0 Å². The topological polar surface area (TPSA) is 144 Å². The van der Waals surface area contributed by atoms with Crippen LogP contribution in [0, 0.1) is 12.3 Å². The number of benzene rings is 2. The fourth-order valence-corrected chi connectivity index (χ4v) is 4.89. The number of aromatic amines is 1. The second-order valence-electron chi connectivity index (χ2n) is 9.24. The number of carbonyl (C=O) groups excluding carboxylic acids is 1. The zero-order valence-corrected chi connectivity index (χ0v) is 23.1. The van der Waals surface area contributed by atoms with E-state index in [4.69, 9.17) is 23.1 Å². The molecule has 3 rings (SSSR count). The van der Waals surface area contributed by atoms with Crippen LogP contribution in [0.2, 0.25) is 0 Å². The van der Waals surface area contributed by atoms with E-state index in [0.29, 0.717) is 29.0 Å². The van der Waals surface area contributed by atoms with Crippen molar-refractivity contribution < 1.29 is 24.6 Å². The van der Waals surface area contributed by atoms with E-state index in [1.807, 2.05) is 11.0 Å². The van der Waals surface area contributed by atoms with Crippen LogP contribution in [0.5, 0.6) is 0 Å². The Hall–Kier alpha value is -4.36. The smallest absolute Gasteiger partial charge is 0.329 e. The number of rotatable bonds is 13. The summed E-state index contributed by atoms with van der Waals surface area (Å²) in [6.07, 6.45) is 5.08. The average molecular weight is 567 g/mol. The molecular formula is C29H31ClN4O6. The van der Waals surface area contributed by atoms with E-state index in [1.54, 1.807) is 50.2 Å². The van der Waals surface area contributed by atoms with Gasteiger partial charge in [0.05, 0.1) is 23.3 Å². The molecule has 1 atom stereocenters. The summed E-state index contributed by atoms with van der Waals surface area (Å²) in [4.78, 5) is 59.5. The lowest BCUT2D eigenvalue weighted by Gasteiger charge is -2.39. The number of aliphatic carboxylic acids is 2. The van der Waals surface area contributed by atoms with E-state index < -0.39 is 23.4 Å². The molecule has 0 saturated carbocycles. The molecule has 1 heterocycles. The number of alkyl halides is 1. The summed E-state index contributed by atoms with van der Waals surface area (Å²) in [6, 6.07) is 11.9. The van der Waals surface area contributed by atoms with Crippen molar-refractivity contribution in [1.82, 2.24) is 14.9 Å². The normalized spacial score (nSPS) is 12.3. The van der Waals surface area contributed by atoms with Crippen molar-refractivity contribution >= 4 is 46.0 Å². The zero-order valence-electron chi connectivity index (χ0n) is 22.3. The molecule has 3 aromatic rings. The summed E-state index contributed by atoms with van der Waals surface area (Å²) >= 11 is 5.80. The highest BCUT2D eigenvalue weighted by molar-refractivity contribution is 6.16.